The van der Waals surface area contributed by atoms with E-state index in [-0.39, 0.29) is 11.8 Å². The van der Waals surface area contributed by atoms with Gasteiger partial charge in [0.15, 0.2) is 0 Å². The largest absolute Gasteiger partial charge is 0.427 e. The summed E-state index contributed by atoms with van der Waals surface area (Å²) >= 11 is 3.34. The van der Waals surface area contributed by atoms with Crippen molar-refractivity contribution in [1.82, 2.24) is 0 Å². The molecule has 7 heteroatoms. The monoisotopic (exact) mass is 452 g/mol. The van der Waals surface area contributed by atoms with Crippen molar-refractivity contribution in [3.8, 4) is 5.75 Å². The highest BCUT2D eigenvalue weighted by Gasteiger charge is 2.10. The van der Waals surface area contributed by atoms with Gasteiger partial charge in [-0.05, 0) is 54.6 Å². The Hall–Kier alpha value is -3.45. The quantitative estimate of drug-likeness (QED) is 0.426. The summed E-state index contributed by atoms with van der Waals surface area (Å²) in [5.41, 5.74) is 1.91. The maximum atomic E-state index is 12.5. The summed E-state index contributed by atoms with van der Waals surface area (Å²) in [4.78, 5) is 36.0. The van der Waals surface area contributed by atoms with E-state index >= 15 is 0 Å². The van der Waals surface area contributed by atoms with Gasteiger partial charge in [0.2, 0.25) is 0 Å². The Balaban J connectivity index is 1.70. The Kier molecular flexibility index (Phi) is 6.41. The second-order valence-corrected chi connectivity index (χ2v) is 7.04. The third kappa shape index (κ3) is 5.76. The maximum Gasteiger partial charge on any atom is 0.308 e. The van der Waals surface area contributed by atoms with Crippen LogP contribution >= 0.6 is 15.9 Å². The van der Waals surface area contributed by atoms with Crippen LogP contribution in [-0.4, -0.2) is 17.8 Å². The van der Waals surface area contributed by atoms with Gasteiger partial charge >= 0.3 is 5.97 Å². The smallest absolute Gasteiger partial charge is 0.308 e. The van der Waals surface area contributed by atoms with E-state index < -0.39 is 5.97 Å². The maximum absolute atomic E-state index is 12.5. The van der Waals surface area contributed by atoms with E-state index in [1.165, 1.54) is 13.0 Å². The molecule has 0 bridgehead atoms. The predicted octanol–water partition coefficient (Wildman–Crippen LogP) is 4.88. The zero-order valence-electron chi connectivity index (χ0n) is 15.4. The molecule has 0 heterocycles. The van der Waals surface area contributed by atoms with Gasteiger partial charge in [0.05, 0.1) is 0 Å². The van der Waals surface area contributed by atoms with E-state index in [4.69, 9.17) is 4.74 Å². The number of esters is 1. The molecule has 3 rings (SSSR count). The van der Waals surface area contributed by atoms with E-state index in [1.807, 2.05) is 6.07 Å². The number of ether oxygens (including phenoxy) is 1. The lowest BCUT2D eigenvalue weighted by Gasteiger charge is -2.10. The SMILES string of the molecule is CC(=O)Oc1cccc(C(=O)Nc2cccc(NC(=O)c3cccc(Br)c3)c2)c1. The summed E-state index contributed by atoms with van der Waals surface area (Å²) in [6.45, 7) is 1.29. The number of hydrogen-bond acceptors (Lipinski definition) is 4. The number of nitrogens with one attached hydrogen (secondary N) is 2. The summed E-state index contributed by atoms with van der Waals surface area (Å²) in [6, 6.07) is 20.2. The van der Waals surface area contributed by atoms with Crippen molar-refractivity contribution in [2.45, 2.75) is 6.92 Å². The summed E-state index contributed by atoms with van der Waals surface area (Å²) in [5, 5.41) is 5.56. The third-order valence-electron chi connectivity index (χ3n) is 3.82. The van der Waals surface area contributed by atoms with Gasteiger partial charge in [0, 0.05) is 33.9 Å². The fourth-order valence-electron chi connectivity index (χ4n) is 2.58. The van der Waals surface area contributed by atoms with Crippen LogP contribution in [0.1, 0.15) is 27.6 Å². The summed E-state index contributed by atoms with van der Waals surface area (Å²) < 4.78 is 5.81. The first-order valence-electron chi connectivity index (χ1n) is 8.67. The van der Waals surface area contributed by atoms with E-state index in [0.29, 0.717) is 28.3 Å². The van der Waals surface area contributed by atoms with Crippen LogP contribution in [0.3, 0.4) is 0 Å². The minimum Gasteiger partial charge on any atom is -0.427 e. The van der Waals surface area contributed by atoms with E-state index in [0.717, 1.165) is 4.47 Å². The van der Waals surface area contributed by atoms with Gasteiger partial charge in [-0.25, -0.2) is 0 Å². The second kappa shape index (κ2) is 9.16. The first kappa shape index (κ1) is 20.3. The number of amides is 2. The third-order valence-corrected chi connectivity index (χ3v) is 4.32. The van der Waals surface area contributed by atoms with Crippen LogP contribution in [0, 0.1) is 0 Å². The van der Waals surface area contributed by atoms with Crippen molar-refractivity contribution in [3.05, 3.63) is 88.4 Å². The molecule has 3 aromatic carbocycles. The van der Waals surface area contributed by atoms with Crippen LogP contribution in [0.5, 0.6) is 5.75 Å². The Morgan fingerprint density at radius 3 is 1.90 bits per heavy atom. The molecule has 2 amide bonds. The molecule has 0 spiro atoms. The van der Waals surface area contributed by atoms with Gasteiger partial charge in [-0.15, -0.1) is 0 Å². The molecule has 0 saturated carbocycles. The summed E-state index contributed by atoms with van der Waals surface area (Å²) in [5.74, 6) is -0.796. The van der Waals surface area contributed by atoms with Crippen molar-refractivity contribution in [2.75, 3.05) is 10.6 Å². The molecule has 146 valence electrons. The normalized spacial score (nSPS) is 10.1. The van der Waals surface area contributed by atoms with Gasteiger partial charge in [0.25, 0.3) is 11.8 Å². The number of halogens is 1. The number of hydrogen-bond donors (Lipinski definition) is 2. The van der Waals surface area contributed by atoms with Crippen LogP contribution in [0.25, 0.3) is 0 Å². The van der Waals surface area contributed by atoms with Crippen LogP contribution in [0.2, 0.25) is 0 Å². The number of anilines is 2. The lowest BCUT2D eigenvalue weighted by Crippen LogP contribution is -2.14. The van der Waals surface area contributed by atoms with Crippen molar-refractivity contribution < 1.29 is 19.1 Å². The fourth-order valence-corrected chi connectivity index (χ4v) is 2.98. The second-order valence-electron chi connectivity index (χ2n) is 6.12. The van der Waals surface area contributed by atoms with Crippen molar-refractivity contribution in [3.63, 3.8) is 0 Å². The number of carbonyl (C=O) groups is 3. The molecule has 2 N–H and O–H groups in total. The molecule has 0 atom stereocenters. The van der Waals surface area contributed by atoms with Crippen molar-refractivity contribution in [2.24, 2.45) is 0 Å². The fraction of sp³-hybridized carbons (Fsp3) is 0.0455. The highest BCUT2D eigenvalue weighted by Crippen LogP contribution is 2.19. The lowest BCUT2D eigenvalue weighted by atomic mass is 10.2. The molecule has 0 aliphatic rings. The minimum absolute atomic E-state index is 0.260. The Bertz CT molecular complexity index is 1080. The molecule has 0 aliphatic carbocycles. The number of rotatable bonds is 5. The van der Waals surface area contributed by atoms with Gasteiger partial charge in [0.1, 0.15) is 5.75 Å². The predicted molar refractivity (Wildman–Crippen MR) is 114 cm³/mol. The molecular weight excluding hydrogens is 436 g/mol. The molecule has 29 heavy (non-hydrogen) atoms. The van der Waals surface area contributed by atoms with E-state index in [2.05, 4.69) is 26.6 Å². The van der Waals surface area contributed by atoms with Crippen molar-refractivity contribution in [1.29, 1.82) is 0 Å². The van der Waals surface area contributed by atoms with Crippen LogP contribution in [0.15, 0.2) is 77.3 Å². The topological polar surface area (TPSA) is 84.5 Å². The molecule has 3 aromatic rings. The van der Waals surface area contributed by atoms with Gasteiger partial charge < -0.3 is 15.4 Å². The van der Waals surface area contributed by atoms with Gasteiger partial charge in [-0.3, -0.25) is 14.4 Å². The minimum atomic E-state index is -0.462. The summed E-state index contributed by atoms with van der Waals surface area (Å²) in [6.07, 6.45) is 0. The molecule has 0 fully saturated rings. The zero-order chi connectivity index (χ0) is 20.8. The van der Waals surface area contributed by atoms with Gasteiger partial charge in [-0.2, -0.15) is 0 Å². The average molecular weight is 453 g/mol. The molecule has 0 saturated heterocycles. The van der Waals surface area contributed by atoms with Crippen LogP contribution in [-0.2, 0) is 4.79 Å². The highest BCUT2D eigenvalue weighted by molar-refractivity contribution is 9.10. The van der Waals surface area contributed by atoms with Crippen molar-refractivity contribution >= 4 is 45.1 Å². The van der Waals surface area contributed by atoms with Crippen LogP contribution < -0.4 is 15.4 Å². The van der Waals surface area contributed by atoms with Crippen LogP contribution in [0.4, 0.5) is 11.4 Å². The zero-order valence-corrected chi connectivity index (χ0v) is 17.0. The molecule has 0 aliphatic heterocycles. The Morgan fingerprint density at radius 1 is 0.759 bits per heavy atom. The molecule has 0 aromatic heterocycles. The van der Waals surface area contributed by atoms with E-state index in [9.17, 15) is 14.4 Å². The standard InChI is InChI=1S/C22H17BrN2O4/c1-14(26)29-20-10-3-6-16(12-20)22(28)25-19-9-4-8-18(13-19)24-21(27)15-5-2-7-17(23)11-15/h2-13H,1H3,(H,24,27)(H,25,28). The molecule has 0 radical (unpaired) electrons. The number of benzene rings is 3. The first-order chi connectivity index (χ1) is 13.9. The van der Waals surface area contributed by atoms with Gasteiger partial charge in [-0.1, -0.05) is 34.1 Å². The molecule has 0 unspecified atom stereocenters. The summed E-state index contributed by atoms with van der Waals surface area (Å²) in [7, 11) is 0. The Labute approximate surface area is 176 Å². The first-order valence-corrected chi connectivity index (χ1v) is 9.47. The van der Waals surface area contributed by atoms with E-state index in [1.54, 1.807) is 60.7 Å². The Morgan fingerprint density at radius 2 is 1.31 bits per heavy atom. The number of carbonyl (C=O) groups excluding carboxylic acids is 3. The average Bonchev–Trinajstić information content (AvgIpc) is 2.68. The molecule has 6 nitrogen and oxygen atoms in total. The lowest BCUT2D eigenvalue weighted by molar-refractivity contribution is -0.131. The highest BCUT2D eigenvalue weighted by atomic mass is 79.9. The molecular formula is C22H17BrN2O4.